The quantitative estimate of drug-likeness (QED) is 0.472. The Morgan fingerprint density at radius 1 is 1.03 bits per heavy atom. The lowest BCUT2D eigenvalue weighted by atomic mass is 10.1. The van der Waals surface area contributed by atoms with E-state index in [0.29, 0.717) is 12.2 Å². The second-order valence-corrected chi connectivity index (χ2v) is 7.56. The molecule has 4 rings (SSSR count). The fraction of sp³-hybridized carbons (Fsp3) is 0.348. The number of hydrogen-bond donors (Lipinski definition) is 3. The highest BCUT2D eigenvalue weighted by Gasteiger charge is 2.22. The molecule has 1 aliphatic rings. The Hall–Kier alpha value is -3.10. The number of likely N-dealkylation sites (tertiary alicyclic amines) is 1. The van der Waals surface area contributed by atoms with Crippen molar-refractivity contribution in [3.63, 3.8) is 0 Å². The summed E-state index contributed by atoms with van der Waals surface area (Å²) in [4.78, 5) is 15.5. The van der Waals surface area contributed by atoms with Gasteiger partial charge in [0.1, 0.15) is 29.1 Å². The predicted molar refractivity (Wildman–Crippen MR) is 123 cm³/mol. The monoisotopic (exact) mass is 463 g/mol. The number of ether oxygens (including phenoxy) is 2. The molecule has 1 fully saturated rings. The van der Waals surface area contributed by atoms with Crippen LogP contribution in [0.3, 0.4) is 0 Å². The molecule has 0 bridgehead atoms. The van der Waals surface area contributed by atoms with Gasteiger partial charge in [0.05, 0.1) is 7.11 Å². The summed E-state index contributed by atoms with van der Waals surface area (Å²) in [5, 5.41) is 29.7. The summed E-state index contributed by atoms with van der Waals surface area (Å²) in [6.07, 6.45) is 3.59. The Morgan fingerprint density at radius 3 is 2.47 bits per heavy atom. The van der Waals surface area contributed by atoms with Crippen molar-refractivity contribution in [3.8, 4) is 40.1 Å². The van der Waals surface area contributed by atoms with Gasteiger partial charge in [-0.3, -0.25) is 9.69 Å². The maximum atomic E-state index is 13.2. The van der Waals surface area contributed by atoms with E-state index in [0.717, 1.165) is 19.6 Å². The van der Waals surface area contributed by atoms with Gasteiger partial charge < -0.3 is 29.2 Å². The summed E-state index contributed by atoms with van der Waals surface area (Å²) in [6.45, 7) is 3.16. The summed E-state index contributed by atoms with van der Waals surface area (Å²) in [5.74, 6) is -0.537. The van der Waals surface area contributed by atoms with E-state index in [1.54, 1.807) is 0 Å². The standard InChI is InChI=1S/C23H25NO7.ClH/c1-29-23-21(28)20-18(30-10-9-24-7-3-2-4-8-24)12-15(25)13-19(20)31-22(23)14-5-6-16(26)17(27)11-14;/h5-6,11-13,25-27H,2-4,7-10H2,1H3;1H. The van der Waals surface area contributed by atoms with Crippen LogP contribution < -0.4 is 14.9 Å². The van der Waals surface area contributed by atoms with Gasteiger partial charge in [-0.2, -0.15) is 0 Å². The van der Waals surface area contributed by atoms with Crippen LogP contribution in [-0.2, 0) is 0 Å². The molecule has 0 radical (unpaired) electrons. The van der Waals surface area contributed by atoms with E-state index < -0.39 is 5.43 Å². The van der Waals surface area contributed by atoms with Crippen LogP contribution in [0.4, 0.5) is 0 Å². The lowest BCUT2D eigenvalue weighted by molar-refractivity contribution is 0.184. The van der Waals surface area contributed by atoms with Crippen molar-refractivity contribution in [3.05, 3.63) is 40.6 Å². The van der Waals surface area contributed by atoms with Crippen molar-refractivity contribution < 1.29 is 29.2 Å². The van der Waals surface area contributed by atoms with Gasteiger partial charge >= 0.3 is 0 Å². The molecule has 172 valence electrons. The summed E-state index contributed by atoms with van der Waals surface area (Å²) in [7, 11) is 1.35. The van der Waals surface area contributed by atoms with Crippen LogP contribution in [0.2, 0.25) is 0 Å². The zero-order valence-electron chi connectivity index (χ0n) is 17.7. The van der Waals surface area contributed by atoms with Gasteiger partial charge in [0.2, 0.25) is 11.2 Å². The molecule has 1 saturated heterocycles. The number of rotatable bonds is 6. The number of nitrogens with zero attached hydrogens (tertiary/aromatic N) is 1. The maximum Gasteiger partial charge on any atom is 0.239 e. The Balaban J connectivity index is 0.00000289. The number of aromatic hydroxyl groups is 3. The van der Waals surface area contributed by atoms with E-state index in [-0.39, 0.29) is 57.9 Å². The van der Waals surface area contributed by atoms with E-state index in [1.165, 1.54) is 56.7 Å². The highest BCUT2D eigenvalue weighted by molar-refractivity contribution is 5.88. The molecule has 0 spiro atoms. The molecular weight excluding hydrogens is 438 g/mol. The van der Waals surface area contributed by atoms with Gasteiger partial charge in [0, 0.05) is 24.2 Å². The third-order valence-corrected chi connectivity index (χ3v) is 5.46. The fourth-order valence-electron chi connectivity index (χ4n) is 3.87. The third-order valence-electron chi connectivity index (χ3n) is 5.46. The van der Waals surface area contributed by atoms with Crippen molar-refractivity contribution in [1.82, 2.24) is 4.90 Å². The lowest BCUT2D eigenvalue weighted by Gasteiger charge is -2.26. The first kappa shape index (κ1) is 23.6. The molecule has 0 aliphatic carbocycles. The highest BCUT2D eigenvalue weighted by Crippen LogP contribution is 2.38. The van der Waals surface area contributed by atoms with Crippen LogP contribution >= 0.6 is 12.4 Å². The number of fused-ring (bicyclic) bond motifs is 1. The van der Waals surface area contributed by atoms with E-state index in [2.05, 4.69) is 4.90 Å². The molecule has 2 heterocycles. The third kappa shape index (κ3) is 4.71. The average molecular weight is 464 g/mol. The van der Waals surface area contributed by atoms with Crippen molar-refractivity contribution in [1.29, 1.82) is 0 Å². The molecule has 3 N–H and O–H groups in total. The van der Waals surface area contributed by atoms with Gasteiger partial charge in [-0.15, -0.1) is 12.4 Å². The summed E-state index contributed by atoms with van der Waals surface area (Å²) in [6, 6.07) is 6.76. The first-order valence-corrected chi connectivity index (χ1v) is 10.2. The first-order chi connectivity index (χ1) is 15.0. The number of phenols is 3. The predicted octanol–water partition coefficient (Wildman–Crippen LogP) is 3.87. The average Bonchev–Trinajstić information content (AvgIpc) is 2.76. The topological polar surface area (TPSA) is 113 Å². The zero-order valence-corrected chi connectivity index (χ0v) is 18.5. The number of hydrogen-bond acceptors (Lipinski definition) is 8. The fourth-order valence-corrected chi connectivity index (χ4v) is 3.87. The number of methoxy groups -OCH3 is 1. The summed E-state index contributed by atoms with van der Waals surface area (Å²) < 4.78 is 17.1. The van der Waals surface area contributed by atoms with Crippen molar-refractivity contribution in [2.24, 2.45) is 0 Å². The van der Waals surface area contributed by atoms with Gasteiger partial charge in [-0.1, -0.05) is 6.42 Å². The first-order valence-electron chi connectivity index (χ1n) is 10.2. The molecule has 0 unspecified atom stereocenters. The molecule has 1 aromatic heterocycles. The van der Waals surface area contributed by atoms with Crippen molar-refractivity contribution >= 4 is 23.4 Å². The minimum atomic E-state index is -0.459. The molecule has 0 saturated carbocycles. The molecule has 1 aliphatic heterocycles. The number of piperidine rings is 1. The highest BCUT2D eigenvalue weighted by atomic mass is 35.5. The van der Waals surface area contributed by atoms with Crippen LogP contribution in [0.1, 0.15) is 19.3 Å². The Kier molecular flexibility index (Phi) is 7.37. The summed E-state index contributed by atoms with van der Waals surface area (Å²) in [5.41, 5.74) is 0.00249. The lowest BCUT2D eigenvalue weighted by Crippen LogP contribution is -2.33. The van der Waals surface area contributed by atoms with Crippen LogP contribution in [-0.4, -0.2) is 53.6 Å². The number of halogens is 1. The van der Waals surface area contributed by atoms with Crippen LogP contribution in [0.15, 0.2) is 39.5 Å². The Bertz CT molecular complexity index is 1160. The van der Waals surface area contributed by atoms with Crippen molar-refractivity contribution in [2.45, 2.75) is 19.3 Å². The molecule has 0 amide bonds. The normalized spacial score (nSPS) is 14.2. The van der Waals surface area contributed by atoms with Crippen LogP contribution in [0.5, 0.6) is 28.7 Å². The van der Waals surface area contributed by atoms with Gasteiger partial charge in [-0.25, -0.2) is 0 Å². The van der Waals surface area contributed by atoms with E-state index >= 15 is 0 Å². The van der Waals surface area contributed by atoms with Gasteiger partial charge in [-0.05, 0) is 44.1 Å². The second kappa shape index (κ2) is 10.0. The van der Waals surface area contributed by atoms with Gasteiger partial charge in [0.25, 0.3) is 0 Å². The summed E-state index contributed by atoms with van der Waals surface area (Å²) >= 11 is 0. The van der Waals surface area contributed by atoms with Gasteiger partial charge in [0.15, 0.2) is 17.3 Å². The Labute approximate surface area is 191 Å². The second-order valence-electron chi connectivity index (χ2n) is 7.56. The molecule has 3 aromatic rings. The molecule has 32 heavy (non-hydrogen) atoms. The SMILES string of the molecule is COc1c(-c2ccc(O)c(O)c2)oc2cc(O)cc(OCCN3CCCCC3)c2c1=O.Cl. The van der Waals surface area contributed by atoms with Crippen LogP contribution in [0, 0.1) is 0 Å². The van der Waals surface area contributed by atoms with E-state index in [1.807, 2.05) is 0 Å². The molecule has 2 aromatic carbocycles. The minimum Gasteiger partial charge on any atom is -0.508 e. The van der Waals surface area contributed by atoms with E-state index in [4.69, 9.17) is 13.9 Å². The Morgan fingerprint density at radius 2 is 1.78 bits per heavy atom. The van der Waals surface area contributed by atoms with Crippen molar-refractivity contribution in [2.75, 3.05) is 33.4 Å². The molecule has 9 heteroatoms. The van der Waals surface area contributed by atoms with E-state index in [9.17, 15) is 20.1 Å². The molecule has 0 atom stereocenters. The van der Waals surface area contributed by atoms with Crippen LogP contribution in [0.25, 0.3) is 22.3 Å². The zero-order chi connectivity index (χ0) is 22.0. The molecule has 8 nitrogen and oxygen atoms in total. The largest absolute Gasteiger partial charge is 0.508 e. The minimum absolute atomic E-state index is 0. The maximum absolute atomic E-state index is 13.2. The smallest absolute Gasteiger partial charge is 0.239 e. The number of benzene rings is 2. The molecular formula is C23H26ClNO7. The number of phenolic OH excluding ortho intramolecular Hbond substituents is 3.